The maximum absolute atomic E-state index is 10.7. The molecule has 0 bridgehead atoms. The molecule has 1 aromatic rings. The Balaban J connectivity index is 2.00. The van der Waals surface area contributed by atoms with Crippen LogP contribution >= 0.6 is 0 Å². The number of phenols is 1. The van der Waals surface area contributed by atoms with Crippen LogP contribution < -0.4 is 4.74 Å². The number of unbranched alkanes of at least 4 members (excludes halogenated alkanes) is 2. The number of benzene rings is 1. The molecule has 3 heteroatoms. The molecular formula is C21H30O3. The standard InChI is InChI=1S/C21H30O3/c1-5-6-7-8-14-11-16(22)19-15-9-13(2)10-17(23)20(15)21(3,4)24-18(19)12-14/h10-12,15,17,20,22-23H,5-9H2,1-4H3/t15-,17-,20+/m0/s1. The van der Waals surface area contributed by atoms with Gasteiger partial charge in [0, 0.05) is 17.4 Å². The molecule has 0 saturated heterocycles. The monoisotopic (exact) mass is 330 g/mol. The van der Waals surface area contributed by atoms with Crippen LogP contribution in [-0.4, -0.2) is 21.9 Å². The minimum Gasteiger partial charge on any atom is -0.508 e. The molecular weight excluding hydrogens is 300 g/mol. The van der Waals surface area contributed by atoms with E-state index in [9.17, 15) is 10.2 Å². The lowest BCUT2D eigenvalue weighted by Gasteiger charge is -2.48. The second kappa shape index (κ2) is 6.44. The lowest BCUT2D eigenvalue weighted by atomic mass is 9.66. The maximum atomic E-state index is 10.7. The molecule has 0 radical (unpaired) electrons. The van der Waals surface area contributed by atoms with Crippen LogP contribution in [0.2, 0.25) is 0 Å². The molecule has 0 amide bonds. The highest BCUT2D eigenvalue weighted by molar-refractivity contribution is 5.53. The topological polar surface area (TPSA) is 49.7 Å². The molecule has 0 unspecified atom stereocenters. The molecule has 3 nitrogen and oxygen atoms in total. The van der Waals surface area contributed by atoms with Crippen LogP contribution in [0.15, 0.2) is 23.8 Å². The van der Waals surface area contributed by atoms with E-state index in [0.717, 1.165) is 36.1 Å². The average molecular weight is 330 g/mol. The van der Waals surface area contributed by atoms with Crippen LogP contribution in [0.1, 0.15) is 70.4 Å². The van der Waals surface area contributed by atoms with Crippen molar-refractivity contribution in [2.75, 3.05) is 0 Å². The van der Waals surface area contributed by atoms with Crippen molar-refractivity contribution in [3.8, 4) is 11.5 Å². The highest BCUT2D eigenvalue weighted by Crippen LogP contribution is 2.54. The number of aliphatic hydroxyl groups excluding tert-OH is 1. The van der Waals surface area contributed by atoms with E-state index in [1.165, 1.54) is 18.4 Å². The summed E-state index contributed by atoms with van der Waals surface area (Å²) in [7, 11) is 0. The summed E-state index contributed by atoms with van der Waals surface area (Å²) in [4.78, 5) is 0. The Morgan fingerprint density at radius 3 is 2.71 bits per heavy atom. The fourth-order valence-electron chi connectivity index (χ4n) is 4.55. The minimum atomic E-state index is -0.532. The summed E-state index contributed by atoms with van der Waals surface area (Å²) >= 11 is 0. The van der Waals surface area contributed by atoms with Gasteiger partial charge in [0.25, 0.3) is 0 Å². The largest absolute Gasteiger partial charge is 0.508 e. The van der Waals surface area contributed by atoms with E-state index in [4.69, 9.17) is 4.74 Å². The fourth-order valence-corrected chi connectivity index (χ4v) is 4.55. The number of ether oxygens (including phenoxy) is 1. The van der Waals surface area contributed by atoms with Gasteiger partial charge in [-0.3, -0.25) is 0 Å². The molecule has 3 rings (SSSR count). The molecule has 2 N–H and O–H groups in total. The Morgan fingerprint density at radius 2 is 2.00 bits per heavy atom. The minimum absolute atomic E-state index is 0.0365. The van der Waals surface area contributed by atoms with Gasteiger partial charge in [-0.25, -0.2) is 0 Å². The zero-order chi connectivity index (χ0) is 17.5. The Bertz CT molecular complexity index is 645. The summed E-state index contributed by atoms with van der Waals surface area (Å²) in [5.74, 6) is 1.19. The Hall–Kier alpha value is -1.48. The number of hydrogen-bond acceptors (Lipinski definition) is 3. The van der Waals surface area contributed by atoms with E-state index in [1.807, 2.05) is 26.0 Å². The summed E-state index contributed by atoms with van der Waals surface area (Å²) in [6.07, 6.45) is 6.76. The maximum Gasteiger partial charge on any atom is 0.127 e. The number of allylic oxidation sites excluding steroid dienone is 1. The third kappa shape index (κ3) is 3.06. The fraction of sp³-hybridized carbons (Fsp3) is 0.619. The van der Waals surface area contributed by atoms with Crippen molar-refractivity contribution >= 4 is 0 Å². The van der Waals surface area contributed by atoms with Gasteiger partial charge < -0.3 is 14.9 Å². The van der Waals surface area contributed by atoms with Crippen molar-refractivity contribution < 1.29 is 14.9 Å². The molecule has 1 heterocycles. The molecule has 1 aliphatic heterocycles. The Labute approximate surface area is 145 Å². The average Bonchev–Trinajstić information content (AvgIpc) is 2.44. The molecule has 1 aliphatic carbocycles. The smallest absolute Gasteiger partial charge is 0.127 e. The van der Waals surface area contributed by atoms with Crippen LogP contribution in [0, 0.1) is 5.92 Å². The lowest BCUT2D eigenvalue weighted by Crippen LogP contribution is -2.51. The quantitative estimate of drug-likeness (QED) is 0.621. The molecule has 0 saturated carbocycles. The van der Waals surface area contributed by atoms with Gasteiger partial charge >= 0.3 is 0 Å². The number of phenolic OH excluding ortho intramolecular Hbond substituents is 1. The van der Waals surface area contributed by atoms with Gasteiger partial charge in [-0.15, -0.1) is 0 Å². The van der Waals surface area contributed by atoms with E-state index in [2.05, 4.69) is 19.9 Å². The van der Waals surface area contributed by atoms with Gasteiger partial charge in [0.2, 0.25) is 0 Å². The first-order chi connectivity index (χ1) is 11.3. The number of hydrogen-bond donors (Lipinski definition) is 2. The molecule has 1 aromatic carbocycles. The van der Waals surface area contributed by atoms with Gasteiger partial charge in [0.15, 0.2) is 0 Å². The van der Waals surface area contributed by atoms with Gasteiger partial charge in [-0.05, 0) is 57.7 Å². The van der Waals surface area contributed by atoms with Crippen molar-refractivity contribution in [1.29, 1.82) is 0 Å². The van der Waals surface area contributed by atoms with Crippen molar-refractivity contribution in [2.24, 2.45) is 5.92 Å². The molecule has 24 heavy (non-hydrogen) atoms. The van der Waals surface area contributed by atoms with Crippen molar-refractivity contribution in [3.05, 3.63) is 34.9 Å². The van der Waals surface area contributed by atoms with Crippen LogP contribution in [0.25, 0.3) is 0 Å². The van der Waals surface area contributed by atoms with E-state index >= 15 is 0 Å². The number of fused-ring (bicyclic) bond motifs is 3. The zero-order valence-corrected chi connectivity index (χ0v) is 15.3. The van der Waals surface area contributed by atoms with Crippen molar-refractivity contribution in [2.45, 2.75) is 77.4 Å². The van der Waals surface area contributed by atoms with E-state index in [0.29, 0.717) is 5.75 Å². The number of aliphatic hydroxyl groups is 1. The predicted octanol–water partition coefficient (Wildman–Crippen LogP) is 4.71. The zero-order valence-electron chi connectivity index (χ0n) is 15.3. The Kier molecular flexibility index (Phi) is 4.65. The molecule has 0 fully saturated rings. The number of aryl methyl sites for hydroxylation is 1. The summed E-state index contributed by atoms with van der Waals surface area (Å²) in [5.41, 5.74) is 2.74. The normalized spacial score (nSPS) is 27.7. The van der Waals surface area contributed by atoms with Crippen molar-refractivity contribution in [3.63, 3.8) is 0 Å². The highest BCUT2D eigenvalue weighted by atomic mass is 16.5. The van der Waals surface area contributed by atoms with Crippen molar-refractivity contribution in [1.82, 2.24) is 0 Å². The van der Waals surface area contributed by atoms with Crippen LogP contribution in [0.3, 0.4) is 0 Å². The van der Waals surface area contributed by atoms with E-state index in [1.54, 1.807) is 0 Å². The molecule has 2 aliphatic rings. The number of rotatable bonds is 4. The molecule has 0 spiro atoms. The van der Waals surface area contributed by atoms with E-state index in [-0.39, 0.29) is 11.8 Å². The molecule has 3 atom stereocenters. The number of aromatic hydroxyl groups is 1. The first kappa shape index (κ1) is 17.3. The first-order valence-electron chi connectivity index (χ1n) is 9.23. The SMILES string of the molecule is CCCCCc1cc(O)c2c(c1)OC(C)(C)[C@H]1[C@@H](O)C=C(C)C[C@@H]21. The van der Waals surface area contributed by atoms with Gasteiger partial charge in [-0.2, -0.15) is 0 Å². The van der Waals surface area contributed by atoms with Gasteiger partial charge in [0.05, 0.1) is 6.10 Å². The second-order valence-electron chi connectivity index (χ2n) is 8.03. The Morgan fingerprint density at radius 1 is 1.25 bits per heavy atom. The van der Waals surface area contributed by atoms with Crippen LogP contribution in [-0.2, 0) is 6.42 Å². The van der Waals surface area contributed by atoms with Gasteiger partial charge in [-0.1, -0.05) is 31.4 Å². The predicted molar refractivity (Wildman–Crippen MR) is 96.7 cm³/mol. The van der Waals surface area contributed by atoms with Gasteiger partial charge in [0.1, 0.15) is 17.1 Å². The first-order valence-corrected chi connectivity index (χ1v) is 9.23. The molecule has 0 aromatic heterocycles. The third-order valence-corrected chi connectivity index (χ3v) is 5.59. The van der Waals surface area contributed by atoms with E-state index < -0.39 is 11.7 Å². The lowest BCUT2D eigenvalue weighted by molar-refractivity contribution is -0.0457. The van der Waals surface area contributed by atoms with Crippen LogP contribution in [0.5, 0.6) is 11.5 Å². The third-order valence-electron chi connectivity index (χ3n) is 5.59. The highest BCUT2D eigenvalue weighted by Gasteiger charge is 2.49. The summed E-state index contributed by atoms with van der Waals surface area (Å²) in [5, 5.41) is 21.3. The van der Waals surface area contributed by atoms with Crippen LogP contribution in [0.4, 0.5) is 0 Å². The summed E-state index contributed by atoms with van der Waals surface area (Å²) < 4.78 is 6.27. The second-order valence-corrected chi connectivity index (χ2v) is 8.03. The summed E-state index contributed by atoms with van der Waals surface area (Å²) in [6.45, 7) is 8.34. The summed E-state index contributed by atoms with van der Waals surface area (Å²) in [6, 6.07) is 4.00. The molecule has 132 valence electrons.